The van der Waals surface area contributed by atoms with Gasteiger partial charge in [0.25, 0.3) is 0 Å². The molecule has 0 bridgehead atoms. The van der Waals surface area contributed by atoms with E-state index in [4.69, 9.17) is 5.26 Å². The average Bonchev–Trinajstić information content (AvgIpc) is 2.51. The van der Waals surface area contributed by atoms with Gasteiger partial charge in [-0.05, 0) is 54.8 Å². The average molecular weight is 310 g/mol. The maximum Gasteiger partial charge on any atom is 0.234 e. The highest BCUT2D eigenvalue weighted by Crippen LogP contribution is 2.21. The highest BCUT2D eigenvalue weighted by Gasteiger charge is 2.05. The number of nitriles is 1. The van der Waals surface area contributed by atoms with Gasteiger partial charge in [0.05, 0.1) is 18.2 Å². The summed E-state index contributed by atoms with van der Waals surface area (Å²) >= 11 is 1.53. The van der Waals surface area contributed by atoms with Gasteiger partial charge in [0, 0.05) is 10.6 Å². The van der Waals surface area contributed by atoms with Gasteiger partial charge in [-0.2, -0.15) is 5.26 Å². The standard InChI is InChI=1S/C18H18N2OS/c1-13-3-8-17(11-14(13)2)22-12-18(21)20-16-6-4-15(5-7-16)9-10-19/h3-8,11H,9,12H2,1-2H3,(H,20,21). The lowest BCUT2D eigenvalue weighted by Gasteiger charge is -2.07. The fourth-order valence-corrected chi connectivity index (χ4v) is 2.74. The van der Waals surface area contributed by atoms with Crippen LogP contribution in [0.3, 0.4) is 0 Å². The van der Waals surface area contributed by atoms with E-state index in [1.807, 2.05) is 30.3 Å². The van der Waals surface area contributed by atoms with Crippen LogP contribution in [0.25, 0.3) is 0 Å². The fraction of sp³-hybridized carbons (Fsp3) is 0.222. The Morgan fingerprint density at radius 3 is 2.50 bits per heavy atom. The molecule has 2 aromatic carbocycles. The summed E-state index contributed by atoms with van der Waals surface area (Å²) in [4.78, 5) is 13.1. The van der Waals surface area contributed by atoms with Gasteiger partial charge < -0.3 is 5.32 Å². The van der Waals surface area contributed by atoms with Gasteiger partial charge in [0.2, 0.25) is 5.91 Å². The maximum atomic E-state index is 12.0. The van der Waals surface area contributed by atoms with Gasteiger partial charge in [-0.1, -0.05) is 18.2 Å². The van der Waals surface area contributed by atoms with Crippen LogP contribution in [-0.2, 0) is 11.2 Å². The number of anilines is 1. The van der Waals surface area contributed by atoms with Crippen LogP contribution in [-0.4, -0.2) is 11.7 Å². The van der Waals surface area contributed by atoms with Crippen molar-refractivity contribution in [3.05, 3.63) is 59.2 Å². The maximum absolute atomic E-state index is 12.0. The van der Waals surface area contributed by atoms with Crippen molar-refractivity contribution in [3.63, 3.8) is 0 Å². The topological polar surface area (TPSA) is 52.9 Å². The summed E-state index contributed by atoms with van der Waals surface area (Å²) in [5.41, 5.74) is 4.20. The lowest BCUT2D eigenvalue weighted by molar-refractivity contribution is -0.113. The van der Waals surface area contributed by atoms with E-state index in [0.717, 1.165) is 16.1 Å². The van der Waals surface area contributed by atoms with Crippen LogP contribution in [0.4, 0.5) is 5.69 Å². The first-order valence-corrected chi connectivity index (χ1v) is 8.03. The van der Waals surface area contributed by atoms with Gasteiger partial charge in [0.1, 0.15) is 0 Å². The van der Waals surface area contributed by atoms with Crippen molar-refractivity contribution in [1.29, 1.82) is 5.26 Å². The highest BCUT2D eigenvalue weighted by atomic mass is 32.2. The predicted octanol–water partition coefficient (Wildman–Crippen LogP) is 4.10. The third-order valence-electron chi connectivity index (χ3n) is 3.37. The van der Waals surface area contributed by atoms with Crippen molar-refractivity contribution < 1.29 is 4.79 Å². The zero-order chi connectivity index (χ0) is 15.9. The molecule has 0 heterocycles. The number of rotatable bonds is 5. The van der Waals surface area contributed by atoms with Crippen LogP contribution >= 0.6 is 11.8 Å². The molecule has 112 valence electrons. The van der Waals surface area contributed by atoms with Crippen molar-refractivity contribution in [2.24, 2.45) is 0 Å². The summed E-state index contributed by atoms with van der Waals surface area (Å²) in [7, 11) is 0. The zero-order valence-electron chi connectivity index (χ0n) is 12.7. The molecule has 2 rings (SSSR count). The first-order valence-electron chi connectivity index (χ1n) is 7.04. The first kappa shape index (κ1) is 16.1. The van der Waals surface area contributed by atoms with E-state index in [0.29, 0.717) is 12.2 Å². The summed E-state index contributed by atoms with van der Waals surface area (Å²) in [5.74, 6) is 0.346. The van der Waals surface area contributed by atoms with Gasteiger partial charge in [-0.3, -0.25) is 4.79 Å². The molecule has 22 heavy (non-hydrogen) atoms. The highest BCUT2D eigenvalue weighted by molar-refractivity contribution is 8.00. The second-order valence-corrected chi connectivity index (χ2v) is 6.16. The Morgan fingerprint density at radius 2 is 1.86 bits per heavy atom. The van der Waals surface area contributed by atoms with Gasteiger partial charge >= 0.3 is 0 Å². The Bertz CT molecular complexity index is 702. The number of carbonyl (C=O) groups is 1. The molecule has 0 aromatic heterocycles. The molecular formula is C18H18N2OS. The Kier molecular flexibility index (Phi) is 5.62. The summed E-state index contributed by atoms with van der Waals surface area (Å²) in [6, 6.07) is 15.7. The van der Waals surface area contributed by atoms with E-state index in [-0.39, 0.29) is 5.91 Å². The number of nitrogens with one attached hydrogen (secondary N) is 1. The number of nitrogens with zero attached hydrogens (tertiary/aromatic N) is 1. The van der Waals surface area contributed by atoms with Crippen LogP contribution in [0.2, 0.25) is 0 Å². The molecule has 0 fully saturated rings. The molecule has 1 N–H and O–H groups in total. The molecule has 4 heteroatoms. The lowest BCUT2D eigenvalue weighted by Crippen LogP contribution is -2.13. The lowest BCUT2D eigenvalue weighted by atomic mass is 10.1. The number of hydrogen-bond acceptors (Lipinski definition) is 3. The molecule has 3 nitrogen and oxygen atoms in total. The number of aryl methyl sites for hydroxylation is 2. The van der Waals surface area contributed by atoms with E-state index < -0.39 is 0 Å². The number of benzene rings is 2. The molecule has 0 atom stereocenters. The van der Waals surface area contributed by atoms with Crippen molar-refractivity contribution in [3.8, 4) is 6.07 Å². The minimum absolute atomic E-state index is 0.0312. The van der Waals surface area contributed by atoms with E-state index >= 15 is 0 Å². The predicted molar refractivity (Wildman–Crippen MR) is 91.0 cm³/mol. The van der Waals surface area contributed by atoms with Crippen LogP contribution in [0, 0.1) is 25.2 Å². The molecule has 0 radical (unpaired) electrons. The molecule has 0 aliphatic heterocycles. The molecule has 0 spiro atoms. The minimum atomic E-state index is -0.0312. The third kappa shape index (κ3) is 4.64. The normalized spacial score (nSPS) is 10.0. The molecule has 0 saturated heterocycles. The van der Waals surface area contributed by atoms with Crippen LogP contribution in [0.5, 0.6) is 0 Å². The summed E-state index contributed by atoms with van der Waals surface area (Å²) in [6.07, 6.45) is 0.386. The monoisotopic (exact) mass is 310 g/mol. The van der Waals surface area contributed by atoms with Gasteiger partial charge in [-0.25, -0.2) is 0 Å². The molecule has 0 aliphatic rings. The van der Waals surface area contributed by atoms with Crippen LogP contribution in [0.1, 0.15) is 16.7 Å². The van der Waals surface area contributed by atoms with Crippen LogP contribution in [0.15, 0.2) is 47.4 Å². The largest absolute Gasteiger partial charge is 0.325 e. The molecule has 0 unspecified atom stereocenters. The van der Waals surface area contributed by atoms with Crippen molar-refractivity contribution in [2.45, 2.75) is 25.2 Å². The quantitative estimate of drug-likeness (QED) is 0.846. The van der Waals surface area contributed by atoms with Gasteiger partial charge in [0.15, 0.2) is 0 Å². The summed E-state index contributed by atoms with van der Waals surface area (Å²) in [6.45, 7) is 4.15. The summed E-state index contributed by atoms with van der Waals surface area (Å²) < 4.78 is 0. The smallest absolute Gasteiger partial charge is 0.234 e. The molecule has 0 aliphatic carbocycles. The second-order valence-electron chi connectivity index (χ2n) is 5.11. The third-order valence-corrected chi connectivity index (χ3v) is 4.36. The Hall–Kier alpha value is -2.25. The number of amides is 1. The zero-order valence-corrected chi connectivity index (χ0v) is 13.5. The SMILES string of the molecule is Cc1ccc(SCC(=O)Nc2ccc(CC#N)cc2)cc1C. The number of carbonyl (C=O) groups excluding carboxylic acids is 1. The van der Waals surface area contributed by atoms with E-state index in [2.05, 4.69) is 37.4 Å². The minimum Gasteiger partial charge on any atom is -0.325 e. The van der Waals surface area contributed by atoms with E-state index in [9.17, 15) is 4.79 Å². The van der Waals surface area contributed by atoms with E-state index in [1.165, 1.54) is 22.9 Å². The number of hydrogen-bond donors (Lipinski definition) is 1. The Morgan fingerprint density at radius 1 is 1.14 bits per heavy atom. The van der Waals surface area contributed by atoms with E-state index in [1.54, 1.807) is 0 Å². The second kappa shape index (κ2) is 7.67. The molecular weight excluding hydrogens is 292 g/mol. The van der Waals surface area contributed by atoms with Crippen LogP contribution < -0.4 is 5.32 Å². The Labute approximate surface area is 135 Å². The summed E-state index contributed by atoms with van der Waals surface area (Å²) in [5, 5.41) is 11.5. The Balaban J connectivity index is 1.87. The van der Waals surface area contributed by atoms with Crippen molar-refractivity contribution in [1.82, 2.24) is 0 Å². The van der Waals surface area contributed by atoms with Gasteiger partial charge in [-0.15, -0.1) is 11.8 Å². The van der Waals surface area contributed by atoms with Crippen molar-refractivity contribution in [2.75, 3.05) is 11.1 Å². The first-order chi connectivity index (χ1) is 10.6. The molecule has 1 amide bonds. The fourth-order valence-electron chi connectivity index (χ4n) is 1.95. The van der Waals surface area contributed by atoms with Crippen molar-refractivity contribution >= 4 is 23.4 Å². The molecule has 0 saturated carbocycles. The molecule has 2 aromatic rings. The number of thioether (sulfide) groups is 1.